The fraction of sp³-hybridized carbons (Fsp3) is 0.455. The summed E-state index contributed by atoms with van der Waals surface area (Å²) in [6.07, 6.45) is 0. The van der Waals surface area contributed by atoms with Crippen LogP contribution in [0.3, 0.4) is 0 Å². The topological polar surface area (TPSA) is 118 Å². The Balaban J connectivity index is 0. The number of hydrogen-bond acceptors (Lipinski definition) is 8. The lowest BCUT2D eigenvalue weighted by molar-refractivity contribution is 0.0649. The highest BCUT2D eigenvalue weighted by atomic mass is 16.5. The number of methoxy groups -OCH3 is 1. The van der Waals surface area contributed by atoms with Crippen molar-refractivity contribution in [2.45, 2.75) is 0 Å². The molecule has 0 amide bonds. The normalized spacial score (nSPS) is 9.13. The van der Waals surface area contributed by atoms with Gasteiger partial charge < -0.3 is 39.4 Å². The maximum absolute atomic E-state index is 8.09. The summed E-state index contributed by atoms with van der Waals surface area (Å²) in [5.74, 6) is 1.74. The highest BCUT2D eigenvalue weighted by Crippen LogP contribution is 2.19. The lowest BCUT2D eigenvalue weighted by Gasteiger charge is -2.03. The first-order chi connectivity index (χ1) is 14.7. The van der Waals surface area contributed by atoms with E-state index in [4.69, 9.17) is 25.2 Å². The molecule has 0 aliphatic rings. The second-order valence-electron chi connectivity index (χ2n) is 5.26. The van der Waals surface area contributed by atoms with Gasteiger partial charge in [0, 0.05) is 14.2 Å². The van der Waals surface area contributed by atoms with Crippen LogP contribution in [0, 0.1) is 0 Å². The molecule has 0 radical (unpaired) electrons. The van der Waals surface area contributed by atoms with E-state index in [0.717, 1.165) is 11.5 Å². The largest absolute Gasteiger partial charge is 0.457 e. The molecule has 0 spiro atoms. The van der Waals surface area contributed by atoms with Crippen LogP contribution < -0.4 is 4.74 Å². The fourth-order valence-corrected chi connectivity index (χ4v) is 1.58. The molecule has 0 aromatic heterocycles. The van der Waals surface area contributed by atoms with Crippen molar-refractivity contribution in [2.75, 3.05) is 67.1 Å². The van der Waals surface area contributed by atoms with Crippen LogP contribution in [0.2, 0.25) is 0 Å². The highest BCUT2D eigenvalue weighted by Gasteiger charge is 1.92. The van der Waals surface area contributed by atoms with Crippen LogP contribution in [0.15, 0.2) is 60.7 Å². The molecule has 0 aliphatic heterocycles. The van der Waals surface area contributed by atoms with Gasteiger partial charge in [0.25, 0.3) is 0 Å². The summed E-state index contributed by atoms with van der Waals surface area (Å²) in [4.78, 5) is 0. The number of rotatable bonds is 10. The number of para-hydroxylation sites is 2. The van der Waals surface area contributed by atoms with Gasteiger partial charge in [0.1, 0.15) is 11.5 Å². The van der Waals surface area contributed by atoms with Gasteiger partial charge in [0.05, 0.1) is 52.9 Å². The number of aliphatic hydroxyl groups is 4. The Kier molecular flexibility index (Phi) is 27.1. The molecule has 2 aromatic carbocycles. The molecule has 0 atom stereocenters. The Morgan fingerprint density at radius 3 is 1.03 bits per heavy atom. The minimum Gasteiger partial charge on any atom is -0.457 e. The molecular weight excluding hydrogens is 392 g/mol. The molecule has 0 heterocycles. The first-order valence-corrected chi connectivity index (χ1v) is 9.47. The van der Waals surface area contributed by atoms with E-state index in [0.29, 0.717) is 26.4 Å². The number of ether oxygens (including phenoxy) is 4. The van der Waals surface area contributed by atoms with Gasteiger partial charge in [0.15, 0.2) is 0 Å². The summed E-state index contributed by atoms with van der Waals surface area (Å²) in [6.45, 7) is 1.39. The summed E-state index contributed by atoms with van der Waals surface area (Å²) in [6, 6.07) is 19.5. The van der Waals surface area contributed by atoms with Gasteiger partial charge in [-0.15, -0.1) is 0 Å². The monoisotopic (exact) mass is 428 g/mol. The number of aliphatic hydroxyl groups excluding tert-OH is 4. The molecule has 172 valence electrons. The van der Waals surface area contributed by atoms with Crippen LogP contribution in [0.4, 0.5) is 0 Å². The molecule has 8 heteroatoms. The molecule has 0 unspecified atom stereocenters. The van der Waals surface area contributed by atoms with E-state index in [1.165, 1.54) is 0 Å². The molecule has 0 saturated heterocycles. The van der Waals surface area contributed by atoms with Gasteiger partial charge in [-0.25, -0.2) is 0 Å². The standard InChI is InChI=1S/C12H10O.2C4H10O3.C2H6O/c1-3-7-11(8-4-1)13-12-9-5-2-6-10-12;2*5-1-3-7-4-2-6;1-3-2/h1-10H;2*5-6H,1-4H2;1-2H3. The number of benzene rings is 2. The highest BCUT2D eigenvalue weighted by molar-refractivity contribution is 5.30. The van der Waals surface area contributed by atoms with Gasteiger partial charge in [-0.3, -0.25) is 0 Å². The lowest BCUT2D eigenvalue weighted by Crippen LogP contribution is -2.03. The summed E-state index contributed by atoms with van der Waals surface area (Å²) < 4.78 is 19.1. The van der Waals surface area contributed by atoms with E-state index in [1.54, 1.807) is 14.2 Å². The summed E-state index contributed by atoms with van der Waals surface area (Å²) >= 11 is 0. The Hall–Kier alpha value is -2.04. The lowest BCUT2D eigenvalue weighted by atomic mass is 10.3. The first kappa shape index (κ1) is 30.2. The smallest absolute Gasteiger partial charge is 0.127 e. The van der Waals surface area contributed by atoms with Crippen LogP contribution in [0.1, 0.15) is 0 Å². The molecule has 8 nitrogen and oxygen atoms in total. The third-order valence-corrected chi connectivity index (χ3v) is 2.66. The minimum atomic E-state index is 0.0278. The SMILES string of the molecule is COC.OCCOCCO.OCCOCCO.c1ccc(Oc2ccccc2)cc1. The van der Waals surface area contributed by atoms with Crippen molar-refractivity contribution in [3.63, 3.8) is 0 Å². The average Bonchev–Trinajstić information content (AvgIpc) is 2.78. The van der Waals surface area contributed by atoms with E-state index < -0.39 is 0 Å². The van der Waals surface area contributed by atoms with Crippen molar-refractivity contribution in [3.05, 3.63) is 60.7 Å². The minimum absolute atomic E-state index is 0.0278. The summed E-state index contributed by atoms with van der Waals surface area (Å²) in [7, 11) is 3.25. The first-order valence-electron chi connectivity index (χ1n) is 9.47. The Bertz CT molecular complexity index is 470. The molecule has 0 saturated carbocycles. The predicted octanol–water partition coefficient (Wildman–Crippen LogP) is 1.72. The van der Waals surface area contributed by atoms with Crippen molar-refractivity contribution in [1.29, 1.82) is 0 Å². The second-order valence-corrected chi connectivity index (χ2v) is 5.26. The van der Waals surface area contributed by atoms with Crippen molar-refractivity contribution in [1.82, 2.24) is 0 Å². The number of hydrogen-bond donors (Lipinski definition) is 4. The van der Waals surface area contributed by atoms with Gasteiger partial charge in [0.2, 0.25) is 0 Å². The van der Waals surface area contributed by atoms with Gasteiger partial charge in [-0.2, -0.15) is 0 Å². The van der Waals surface area contributed by atoms with Gasteiger partial charge >= 0.3 is 0 Å². The Morgan fingerprint density at radius 1 is 0.533 bits per heavy atom. The van der Waals surface area contributed by atoms with Crippen molar-refractivity contribution in [3.8, 4) is 11.5 Å². The van der Waals surface area contributed by atoms with Gasteiger partial charge in [-0.1, -0.05) is 36.4 Å². The quantitative estimate of drug-likeness (QED) is 0.423. The summed E-state index contributed by atoms with van der Waals surface area (Å²) in [5, 5.41) is 32.3. The van der Waals surface area contributed by atoms with Crippen LogP contribution in [0.25, 0.3) is 0 Å². The molecule has 0 aliphatic carbocycles. The second kappa shape index (κ2) is 27.0. The third-order valence-electron chi connectivity index (χ3n) is 2.66. The third kappa shape index (κ3) is 24.0. The molecule has 0 fully saturated rings. The Morgan fingerprint density at radius 2 is 0.800 bits per heavy atom. The van der Waals surface area contributed by atoms with Crippen LogP contribution >= 0.6 is 0 Å². The predicted molar refractivity (Wildman–Crippen MR) is 116 cm³/mol. The van der Waals surface area contributed by atoms with Crippen LogP contribution in [-0.4, -0.2) is 87.5 Å². The van der Waals surface area contributed by atoms with Crippen LogP contribution in [0.5, 0.6) is 11.5 Å². The zero-order valence-electron chi connectivity index (χ0n) is 17.9. The average molecular weight is 429 g/mol. The fourth-order valence-electron chi connectivity index (χ4n) is 1.58. The maximum Gasteiger partial charge on any atom is 0.127 e. The van der Waals surface area contributed by atoms with E-state index in [-0.39, 0.29) is 26.4 Å². The zero-order chi connectivity index (χ0) is 22.7. The van der Waals surface area contributed by atoms with Crippen molar-refractivity contribution < 1.29 is 39.4 Å². The van der Waals surface area contributed by atoms with Gasteiger partial charge in [-0.05, 0) is 24.3 Å². The summed E-state index contributed by atoms with van der Waals surface area (Å²) in [5.41, 5.74) is 0. The molecule has 4 N–H and O–H groups in total. The van der Waals surface area contributed by atoms with E-state index in [1.807, 2.05) is 60.7 Å². The molecule has 2 rings (SSSR count). The van der Waals surface area contributed by atoms with E-state index in [2.05, 4.69) is 14.2 Å². The van der Waals surface area contributed by atoms with Crippen molar-refractivity contribution >= 4 is 0 Å². The molecular formula is C22H36O8. The molecule has 2 aromatic rings. The van der Waals surface area contributed by atoms with Crippen molar-refractivity contribution in [2.24, 2.45) is 0 Å². The molecule has 0 bridgehead atoms. The van der Waals surface area contributed by atoms with E-state index in [9.17, 15) is 0 Å². The van der Waals surface area contributed by atoms with Crippen LogP contribution in [-0.2, 0) is 14.2 Å². The Labute approximate surface area is 179 Å². The van der Waals surface area contributed by atoms with E-state index >= 15 is 0 Å². The maximum atomic E-state index is 8.09. The zero-order valence-corrected chi connectivity index (χ0v) is 17.9. The molecule has 30 heavy (non-hydrogen) atoms.